The smallest absolute Gasteiger partial charge is 0.302 e. The molecule has 15 rings (SSSR count). The SMILES string of the molecule is O=P(O)(O)OP(=O)(O)OP(=O)(O)O.c1ccc(P(c2ccccc2)c2ccccc2)cc1.c1ccc(P(c2ccccc2)c2ccccc2)cc1.c1ccc(P(c2ccccc2)c2ccccc2)cc1.c1ccc(P(c2ccccc2)c2ccccc2)cc1.c1ccc(P(c2ccccc2)c2ccccc2)cc1. The lowest BCUT2D eigenvalue weighted by Gasteiger charge is -2.18. The molecule has 0 aliphatic heterocycles. The fourth-order valence-corrected chi connectivity index (χ4v) is 25.2. The van der Waals surface area contributed by atoms with Gasteiger partial charge in [-0.1, -0.05) is 455 Å². The Morgan fingerprint density at radius 1 is 0.148 bits per heavy atom. The molecule has 0 bridgehead atoms. The third-order valence-electron chi connectivity index (χ3n) is 15.6. The zero-order valence-electron chi connectivity index (χ0n) is 58.7. The number of hydrogen-bond donors (Lipinski definition) is 5. The van der Waals surface area contributed by atoms with Crippen LogP contribution in [0.5, 0.6) is 0 Å². The molecule has 10 nitrogen and oxygen atoms in total. The molecule has 0 atom stereocenters. The monoisotopic (exact) mass is 1570 g/mol. The first kappa shape index (κ1) is 81.4. The van der Waals surface area contributed by atoms with Crippen LogP contribution in [0.25, 0.3) is 0 Å². The Kier molecular flexibility index (Phi) is 32.5. The number of benzene rings is 15. The van der Waals surface area contributed by atoms with Crippen LogP contribution in [0, 0.1) is 0 Å². The van der Waals surface area contributed by atoms with Crippen LogP contribution >= 0.6 is 63.1 Å². The summed E-state index contributed by atoms with van der Waals surface area (Å²) in [5, 5.41) is 21.0. The van der Waals surface area contributed by atoms with E-state index in [1.165, 1.54) is 79.6 Å². The molecule has 0 heterocycles. The Labute approximate surface area is 640 Å². The third-order valence-corrected chi connectivity index (χ3v) is 31.2. The van der Waals surface area contributed by atoms with Gasteiger partial charge in [-0.15, -0.1) is 0 Å². The van der Waals surface area contributed by atoms with Crippen LogP contribution in [0.1, 0.15) is 0 Å². The number of hydrogen-bond acceptors (Lipinski definition) is 5. The van der Waals surface area contributed by atoms with E-state index in [0.717, 1.165) is 0 Å². The first-order valence-corrected chi connectivity index (χ1v) is 45.6. The van der Waals surface area contributed by atoms with Gasteiger partial charge >= 0.3 is 23.5 Å². The van der Waals surface area contributed by atoms with Crippen LogP contribution in [0.3, 0.4) is 0 Å². The average Bonchev–Trinajstić information content (AvgIpc) is 0.846. The van der Waals surface area contributed by atoms with Gasteiger partial charge < -0.3 is 24.5 Å². The molecule has 0 aliphatic carbocycles. The molecule has 0 spiro atoms. The molecule has 540 valence electrons. The van der Waals surface area contributed by atoms with Crippen molar-refractivity contribution in [1.29, 1.82) is 0 Å². The summed E-state index contributed by atoms with van der Waals surface area (Å²) >= 11 is 0. The Bertz CT molecular complexity index is 3930. The van der Waals surface area contributed by atoms with E-state index in [1.807, 2.05) is 0 Å². The van der Waals surface area contributed by atoms with Crippen molar-refractivity contribution in [2.45, 2.75) is 0 Å². The van der Waals surface area contributed by atoms with Crippen molar-refractivity contribution in [1.82, 2.24) is 0 Å². The van der Waals surface area contributed by atoms with Crippen LogP contribution < -0.4 is 79.6 Å². The lowest BCUT2D eigenvalue weighted by molar-refractivity contribution is 0.204. The summed E-state index contributed by atoms with van der Waals surface area (Å²) in [5.74, 6) is 0. The molecule has 0 fully saturated rings. The predicted octanol–water partition coefficient (Wildman–Crippen LogP) is 16.5. The van der Waals surface area contributed by atoms with Crippen molar-refractivity contribution in [3.63, 3.8) is 0 Å². The molecule has 0 saturated heterocycles. The van der Waals surface area contributed by atoms with E-state index < -0.39 is 63.1 Å². The van der Waals surface area contributed by atoms with Crippen molar-refractivity contribution >= 4 is 143 Å². The van der Waals surface area contributed by atoms with E-state index >= 15 is 0 Å². The fourth-order valence-electron chi connectivity index (χ4n) is 11.2. The minimum Gasteiger partial charge on any atom is -0.302 e. The second kappa shape index (κ2) is 43.2. The molecule has 0 unspecified atom stereocenters. The molecule has 0 aliphatic rings. The first-order chi connectivity index (χ1) is 52.7. The summed E-state index contributed by atoms with van der Waals surface area (Å²) in [5.41, 5.74) is 0. The lowest BCUT2D eigenvalue weighted by atomic mass is 10.4. The van der Waals surface area contributed by atoms with Crippen LogP contribution in [0.4, 0.5) is 0 Å². The molecule has 0 aromatic heterocycles. The zero-order valence-corrected chi connectivity index (χ0v) is 65.8. The summed E-state index contributed by atoms with van der Waals surface area (Å²) in [6, 6.07) is 162. The molecule has 108 heavy (non-hydrogen) atoms. The van der Waals surface area contributed by atoms with E-state index in [-0.39, 0.29) is 0 Å². The summed E-state index contributed by atoms with van der Waals surface area (Å²) in [7, 11) is -18.4. The number of phosphoric acid groups is 3. The Morgan fingerprint density at radius 3 is 0.287 bits per heavy atom. The van der Waals surface area contributed by atoms with Crippen molar-refractivity contribution in [3.05, 3.63) is 455 Å². The largest absolute Gasteiger partial charge is 0.490 e. The number of rotatable bonds is 19. The Morgan fingerprint density at radius 2 is 0.222 bits per heavy atom. The highest BCUT2D eigenvalue weighted by molar-refractivity contribution is 7.81. The van der Waals surface area contributed by atoms with Crippen molar-refractivity contribution in [2.75, 3.05) is 0 Å². The van der Waals surface area contributed by atoms with Gasteiger partial charge in [0.05, 0.1) is 0 Å². The van der Waals surface area contributed by atoms with Crippen LogP contribution in [0.15, 0.2) is 455 Å². The molecule has 0 amide bonds. The van der Waals surface area contributed by atoms with E-state index in [2.05, 4.69) is 464 Å². The Balaban J connectivity index is 0.000000139. The fraction of sp³-hybridized carbons (Fsp3) is 0. The van der Waals surface area contributed by atoms with Gasteiger partial charge in [-0.25, -0.2) is 13.7 Å². The molecule has 15 aromatic carbocycles. The quantitative estimate of drug-likeness (QED) is 0.0491. The maximum atomic E-state index is 10.4. The van der Waals surface area contributed by atoms with Gasteiger partial charge in [0, 0.05) is 0 Å². The molecular formula is C90H80O10P8. The van der Waals surface area contributed by atoms with Crippen LogP contribution in [0.2, 0.25) is 0 Å². The standard InChI is InChI=1S/5C18H15P.H5O10P3/c5*1-4-10-16(11-5-1)19(17-12-6-2-7-13-17)18-14-8-3-9-15-18;1-11(2,3)9-13(7,8)10-12(4,5)6/h5*1-15H;(H,7,8)(H2,1,2,3)(H2,4,5,6). The van der Waals surface area contributed by atoms with Gasteiger partial charge in [0.1, 0.15) is 0 Å². The highest BCUT2D eigenvalue weighted by Gasteiger charge is 2.39. The van der Waals surface area contributed by atoms with E-state index in [0.29, 0.717) is 0 Å². The molecule has 15 aromatic rings. The lowest BCUT2D eigenvalue weighted by Crippen LogP contribution is -2.20. The van der Waals surface area contributed by atoms with Crippen molar-refractivity contribution in [3.8, 4) is 0 Å². The normalized spacial score (nSPS) is 11.1. The van der Waals surface area contributed by atoms with Gasteiger partial charge in [-0.2, -0.15) is 8.62 Å². The van der Waals surface area contributed by atoms with Gasteiger partial charge in [0.25, 0.3) is 0 Å². The predicted molar refractivity (Wildman–Crippen MR) is 462 cm³/mol. The highest BCUT2D eigenvalue weighted by Crippen LogP contribution is 2.64. The zero-order chi connectivity index (χ0) is 75.5. The maximum Gasteiger partial charge on any atom is 0.490 e. The highest BCUT2D eigenvalue weighted by atomic mass is 31.3. The van der Waals surface area contributed by atoms with Crippen molar-refractivity contribution in [2.24, 2.45) is 0 Å². The summed E-state index contributed by atoms with van der Waals surface area (Å²) < 4.78 is 36.4. The molecule has 5 N–H and O–H groups in total. The Hall–Kier alpha value is -9.14. The third kappa shape index (κ3) is 26.6. The maximum absolute atomic E-state index is 10.4. The molecule has 0 saturated carbocycles. The second-order valence-electron chi connectivity index (χ2n) is 23.3. The summed E-state index contributed by atoms with van der Waals surface area (Å²) in [6.07, 6.45) is 0. The second-order valence-corrected chi connectivity index (χ2v) is 38.6. The molecule has 0 radical (unpaired) electrons. The minimum atomic E-state index is -5.46. The molecule has 18 heteroatoms. The van der Waals surface area contributed by atoms with Gasteiger partial charge in [0.15, 0.2) is 0 Å². The van der Waals surface area contributed by atoms with Gasteiger partial charge in [-0.05, 0) is 119 Å². The topological polar surface area (TPSA) is 171 Å². The van der Waals surface area contributed by atoms with E-state index in [1.54, 1.807) is 0 Å². The summed E-state index contributed by atoms with van der Waals surface area (Å²) in [6.45, 7) is 0. The molecular weight excluding hydrogens is 1490 g/mol. The average molecular weight is 1570 g/mol. The van der Waals surface area contributed by atoms with Crippen LogP contribution in [-0.2, 0) is 22.3 Å². The van der Waals surface area contributed by atoms with Crippen molar-refractivity contribution < 1.29 is 46.8 Å². The van der Waals surface area contributed by atoms with E-state index in [4.69, 9.17) is 24.5 Å². The van der Waals surface area contributed by atoms with Gasteiger partial charge in [-0.3, -0.25) is 0 Å². The van der Waals surface area contributed by atoms with Crippen LogP contribution in [-0.4, -0.2) is 24.5 Å². The van der Waals surface area contributed by atoms with E-state index in [9.17, 15) is 13.7 Å². The van der Waals surface area contributed by atoms with Gasteiger partial charge in [0.2, 0.25) is 0 Å². The first-order valence-electron chi connectivity index (χ1n) is 34.3. The summed E-state index contributed by atoms with van der Waals surface area (Å²) in [4.78, 5) is 40.2. The minimum absolute atomic E-state index is 0.446.